The van der Waals surface area contributed by atoms with Crippen molar-refractivity contribution in [2.45, 2.75) is 72.8 Å². The lowest BCUT2D eigenvalue weighted by Crippen LogP contribution is -2.25. The highest BCUT2D eigenvalue weighted by molar-refractivity contribution is 7.92. The molecule has 13 nitrogen and oxygen atoms in total. The number of carbonyl (C=O) groups excluding carboxylic acids is 1. The van der Waals surface area contributed by atoms with Gasteiger partial charge in [-0.15, -0.1) is 5.11 Å². The Morgan fingerprint density at radius 3 is 2.35 bits per heavy atom. The van der Waals surface area contributed by atoms with Gasteiger partial charge in [0.1, 0.15) is 17.9 Å². The van der Waals surface area contributed by atoms with Crippen molar-refractivity contribution in [3.05, 3.63) is 51.1 Å². The second kappa shape index (κ2) is 20.6. The van der Waals surface area contributed by atoms with E-state index in [4.69, 9.17) is 30.0 Å². The molecule has 254 valence electrons. The van der Waals surface area contributed by atoms with Crippen LogP contribution in [-0.2, 0) is 29.8 Å². The van der Waals surface area contributed by atoms with Gasteiger partial charge in [-0.25, -0.2) is 9.15 Å². The Morgan fingerprint density at radius 1 is 1.09 bits per heavy atom. The summed E-state index contributed by atoms with van der Waals surface area (Å²) < 4.78 is 24.3. The third-order valence-corrected chi connectivity index (χ3v) is 8.24. The summed E-state index contributed by atoms with van der Waals surface area (Å²) in [7, 11) is 3.23. The van der Waals surface area contributed by atoms with Gasteiger partial charge in [-0.3, -0.25) is 14.2 Å². The maximum atomic E-state index is 13.3. The lowest BCUT2D eigenvalue weighted by molar-refractivity contribution is -0.145. The third-order valence-electron chi connectivity index (χ3n) is 7.54. The van der Waals surface area contributed by atoms with Gasteiger partial charge < -0.3 is 24.2 Å². The molecule has 1 aromatic carbocycles. The number of hydrogen-bond acceptors (Lipinski definition) is 12. The van der Waals surface area contributed by atoms with Crippen molar-refractivity contribution in [2.24, 2.45) is 16.1 Å². The second-order valence-corrected chi connectivity index (χ2v) is 11.5. The zero-order valence-electron chi connectivity index (χ0n) is 27.9. The summed E-state index contributed by atoms with van der Waals surface area (Å²) in [6.45, 7) is 19.4. The van der Waals surface area contributed by atoms with Gasteiger partial charge in [0.05, 0.1) is 32.1 Å². The molecule has 0 aliphatic carbocycles. The highest BCUT2D eigenvalue weighted by atomic mass is 32.2. The largest absolute Gasteiger partial charge is 0.503 e. The van der Waals surface area contributed by atoms with Gasteiger partial charge in [-0.05, 0) is 55.9 Å². The first-order valence-electron chi connectivity index (χ1n) is 15.4. The lowest BCUT2D eigenvalue weighted by Gasteiger charge is -2.18. The van der Waals surface area contributed by atoms with E-state index < -0.39 is 5.56 Å². The van der Waals surface area contributed by atoms with Crippen molar-refractivity contribution >= 4 is 35.3 Å². The predicted octanol–water partition coefficient (Wildman–Crippen LogP) is 7.18. The van der Waals surface area contributed by atoms with E-state index >= 15 is 0 Å². The maximum Gasteiger partial charge on any atom is 0.306 e. The van der Waals surface area contributed by atoms with E-state index in [2.05, 4.69) is 28.9 Å². The molecule has 0 bridgehead atoms. The Morgan fingerprint density at radius 2 is 1.76 bits per heavy atom. The number of esters is 1. The van der Waals surface area contributed by atoms with Crippen LogP contribution in [0.25, 0.3) is 4.85 Å². The predicted molar refractivity (Wildman–Crippen MR) is 177 cm³/mol. The monoisotopic (exact) mass is 661 g/mol. The number of carbonyl (C=O) groups is 1. The zero-order valence-corrected chi connectivity index (χ0v) is 28.7. The van der Waals surface area contributed by atoms with Crippen LogP contribution in [0.4, 0.5) is 17.1 Å². The second-order valence-electron chi connectivity index (χ2n) is 10.7. The van der Waals surface area contributed by atoms with Gasteiger partial charge in [0.2, 0.25) is 5.69 Å². The molecule has 0 saturated heterocycles. The number of methoxy groups -OCH3 is 2. The number of benzene rings is 1. The molecule has 0 radical (unpaired) electrons. The van der Waals surface area contributed by atoms with Crippen LogP contribution < -0.4 is 10.4 Å². The lowest BCUT2D eigenvalue weighted by atomic mass is 10.1. The average molecular weight is 662 g/mol. The number of rotatable bonds is 21. The number of pyridine rings is 1. The van der Waals surface area contributed by atoms with E-state index in [1.54, 1.807) is 46.3 Å². The Kier molecular flexibility index (Phi) is 17.3. The normalized spacial score (nSPS) is 12.2. The molecule has 1 aromatic heterocycles. The van der Waals surface area contributed by atoms with Crippen LogP contribution >= 0.6 is 12.2 Å². The van der Waals surface area contributed by atoms with Gasteiger partial charge in [0, 0.05) is 45.8 Å². The minimum absolute atomic E-state index is 0.0549. The zero-order chi connectivity index (χ0) is 34.1. The molecule has 0 aliphatic heterocycles. The summed E-state index contributed by atoms with van der Waals surface area (Å²) in [5, 5.41) is 19.2. The molecular weight excluding hydrogens is 614 g/mol. The van der Waals surface area contributed by atoms with Crippen LogP contribution in [0, 0.1) is 19.4 Å². The number of aryl methyl sites for hydroxylation is 1. The SMILES string of the molecule is [C-]#[N+]c1c(C)c(N=Nc2cc(CCC(=O)OCC(CC)CC)cc(OOSN(CCOC)CCOC)c2)c(=O)n(C(C)CC)c1O. The third kappa shape index (κ3) is 11.7. The van der Waals surface area contributed by atoms with Crippen LogP contribution in [0.15, 0.2) is 33.2 Å². The number of aromatic hydroxyl groups is 1. The van der Waals surface area contributed by atoms with E-state index in [-0.39, 0.29) is 41.3 Å². The Labute approximate surface area is 275 Å². The molecule has 0 spiro atoms. The Hall–Kier alpha value is -3.48. The number of aromatic nitrogens is 1. The summed E-state index contributed by atoms with van der Waals surface area (Å²) in [6.07, 6.45) is 2.90. The quantitative estimate of drug-likeness (QED) is 0.0278. The van der Waals surface area contributed by atoms with Crippen LogP contribution in [0.2, 0.25) is 0 Å². The smallest absolute Gasteiger partial charge is 0.306 e. The van der Waals surface area contributed by atoms with Gasteiger partial charge in [0.15, 0.2) is 11.6 Å². The van der Waals surface area contributed by atoms with E-state index in [1.165, 1.54) is 0 Å². The highest BCUT2D eigenvalue weighted by Gasteiger charge is 2.22. The van der Waals surface area contributed by atoms with Crippen LogP contribution in [0.3, 0.4) is 0 Å². The van der Waals surface area contributed by atoms with E-state index in [9.17, 15) is 14.7 Å². The summed E-state index contributed by atoms with van der Waals surface area (Å²) in [4.78, 5) is 34.9. The van der Waals surface area contributed by atoms with Crippen molar-refractivity contribution in [2.75, 3.05) is 47.1 Å². The Balaban J connectivity index is 2.39. The molecule has 14 heteroatoms. The molecular formula is C32H47N5O8S. The van der Waals surface area contributed by atoms with Crippen molar-refractivity contribution in [1.29, 1.82) is 0 Å². The van der Waals surface area contributed by atoms with Gasteiger partial charge in [-0.1, -0.05) is 37.9 Å². The molecule has 1 N–H and O–H groups in total. The number of nitrogens with zero attached hydrogens (tertiary/aromatic N) is 5. The highest BCUT2D eigenvalue weighted by Crippen LogP contribution is 2.37. The van der Waals surface area contributed by atoms with Gasteiger partial charge in [-0.2, -0.15) is 5.11 Å². The molecule has 0 aliphatic rings. The fourth-order valence-electron chi connectivity index (χ4n) is 4.33. The van der Waals surface area contributed by atoms with Crippen molar-refractivity contribution in [1.82, 2.24) is 8.87 Å². The van der Waals surface area contributed by atoms with Crippen molar-refractivity contribution in [3.8, 4) is 11.6 Å². The van der Waals surface area contributed by atoms with Gasteiger partial charge in [0.25, 0.3) is 5.56 Å². The van der Waals surface area contributed by atoms with E-state index in [1.807, 2.05) is 11.2 Å². The summed E-state index contributed by atoms with van der Waals surface area (Å²) >= 11 is 0.993. The fourth-order valence-corrected chi connectivity index (χ4v) is 4.83. The molecule has 2 rings (SSSR count). The van der Waals surface area contributed by atoms with Crippen molar-refractivity contribution in [3.63, 3.8) is 0 Å². The number of azo groups is 1. The summed E-state index contributed by atoms with van der Waals surface area (Å²) in [6, 6.07) is 4.66. The molecule has 2 aromatic rings. The average Bonchev–Trinajstić information content (AvgIpc) is 3.05. The number of ether oxygens (including phenoxy) is 3. The topological polar surface area (TPSA) is 138 Å². The summed E-state index contributed by atoms with van der Waals surface area (Å²) in [5.74, 6) is -0.0771. The molecule has 0 fully saturated rings. The van der Waals surface area contributed by atoms with Gasteiger partial charge >= 0.3 is 5.97 Å². The molecule has 0 saturated carbocycles. The van der Waals surface area contributed by atoms with Crippen LogP contribution in [-0.4, -0.2) is 67.1 Å². The van der Waals surface area contributed by atoms with E-state index in [0.717, 1.165) is 29.6 Å². The molecule has 1 atom stereocenters. The maximum absolute atomic E-state index is 13.3. The molecule has 46 heavy (non-hydrogen) atoms. The first-order chi connectivity index (χ1) is 22.1. The standard InChI is InChI=1S/C32H47N5O8S/c1-9-22(4)37-31(39)29(33-6)23(5)30(32(37)40)35-34-26-18-25(12-13-28(38)43-21-24(10-2)11-3)19-27(20-26)44-45-46-36(14-16-41-7)15-17-42-8/h18-20,22,24,39H,9-17,21H2,1-5,7-8H3. The summed E-state index contributed by atoms with van der Waals surface area (Å²) in [5.41, 5.74) is 0.585. The molecule has 1 heterocycles. The van der Waals surface area contributed by atoms with Crippen LogP contribution in [0.5, 0.6) is 11.6 Å². The Bertz CT molecular complexity index is 1380. The minimum atomic E-state index is -0.555. The molecule has 1 unspecified atom stereocenters. The van der Waals surface area contributed by atoms with Crippen LogP contribution in [0.1, 0.15) is 70.5 Å². The van der Waals surface area contributed by atoms with E-state index in [0.29, 0.717) is 68.7 Å². The molecule has 0 amide bonds. The van der Waals surface area contributed by atoms with Crippen molar-refractivity contribution < 1.29 is 33.3 Å². The fraction of sp³-hybridized carbons (Fsp3) is 0.594. The minimum Gasteiger partial charge on any atom is -0.503 e. The first-order valence-corrected chi connectivity index (χ1v) is 16.1. The first kappa shape index (κ1) is 38.7. The number of hydrogen-bond donors (Lipinski definition) is 1.